The molecule has 4 nitrogen and oxygen atoms in total. The lowest BCUT2D eigenvalue weighted by Gasteiger charge is -2.06. The molecule has 0 bridgehead atoms. The Kier molecular flexibility index (Phi) is 4.29. The third-order valence-electron chi connectivity index (χ3n) is 2.45. The van der Waals surface area contributed by atoms with Crippen LogP contribution in [-0.2, 0) is 4.74 Å². The summed E-state index contributed by atoms with van der Waals surface area (Å²) in [5.41, 5.74) is 1.15. The fourth-order valence-corrected chi connectivity index (χ4v) is 1.51. The Morgan fingerprint density at radius 2 is 1.47 bits per heavy atom. The van der Waals surface area contributed by atoms with E-state index in [1.807, 2.05) is 12.1 Å². The van der Waals surface area contributed by atoms with Gasteiger partial charge in [0.05, 0.1) is 0 Å². The molecule has 0 aliphatic carbocycles. The summed E-state index contributed by atoms with van der Waals surface area (Å²) in [6.07, 6.45) is -0.643. The predicted octanol–water partition coefficient (Wildman–Crippen LogP) is 3.12. The summed E-state index contributed by atoms with van der Waals surface area (Å²) in [7, 11) is 0. The Morgan fingerprint density at radius 3 is 2.11 bits per heavy atom. The van der Waals surface area contributed by atoms with E-state index in [0.717, 1.165) is 0 Å². The zero-order chi connectivity index (χ0) is 13.5. The second-order valence-electron chi connectivity index (χ2n) is 3.86. The van der Waals surface area contributed by atoms with E-state index in [1.165, 1.54) is 0 Å². The van der Waals surface area contributed by atoms with Crippen molar-refractivity contribution < 1.29 is 14.3 Å². The number of ketones is 1. The third kappa shape index (κ3) is 3.96. The standard InChI is InChI=1S/C15H13NO3/c17-14(12-7-3-1-4-8-12)11-19-15(18)16-13-9-5-2-6-10-13/h1-10H,11H2,(H,16,18). The molecule has 1 N–H and O–H groups in total. The highest BCUT2D eigenvalue weighted by molar-refractivity contribution is 5.98. The predicted molar refractivity (Wildman–Crippen MR) is 72.2 cm³/mol. The van der Waals surface area contributed by atoms with Crippen molar-refractivity contribution in [3.05, 3.63) is 66.2 Å². The van der Waals surface area contributed by atoms with Gasteiger partial charge in [-0.15, -0.1) is 0 Å². The molecule has 0 aromatic heterocycles. The molecule has 2 aromatic carbocycles. The van der Waals surface area contributed by atoms with Crippen molar-refractivity contribution in [3.63, 3.8) is 0 Å². The summed E-state index contributed by atoms with van der Waals surface area (Å²) in [5, 5.41) is 2.54. The molecule has 0 atom stereocenters. The zero-order valence-corrected chi connectivity index (χ0v) is 10.2. The smallest absolute Gasteiger partial charge is 0.412 e. The van der Waals surface area contributed by atoms with Crippen LogP contribution in [0.2, 0.25) is 0 Å². The Morgan fingerprint density at radius 1 is 0.895 bits per heavy atom. The molecule has 0 radical (unpaired) electrons. The fraction of sp³-hybridized carbons (Fsp3) is 0.0667. The van der Waals surface area contributed by atoms with E-state index in [2.05, 4.69) is 5.32 Å². The van der Waals surface area contributed by atoms with E-state index in [0.29, 0.717) is 11.3 Å². The van der Waals surface area contributed by atoms with Gasteiger partial charge in [0.25, 0.3) is 0 Å². The van der Waals surface area contributed by atoms with Crippen LogP contribution in [0, 0.1) is 0 Å². The number of carbonyl (C=O) groups excluding carboxylic acids is 2. The number of amides is 1. The molecule has 0 saturated carbocycles. The van der Waals surface area contributed by atoms with E-state index < -0.39 is 6.09 Å². The van der Waals surface area contributed by atoms with E-state index in [9.17, 15) is 9.59 Å². The quantitative estimate of drug-likeness (QED) is 0.854. The average Bonchev–Trinajstić information content (AvgIpc) is 2.47. The summed E-state index contributed by atoms with van der Waals surface area (Å²) in [4.78, 5) is 23.2. The lowest BCUT2D eigenvalue weighted by atomic mass is 10.1. The van der Waals surface area contributed by atoms with Gasteiger partial charge in [-0.25, -0.2) is 4.79 Å². The third-order valence-corrected chi connectivity index (χ3v) is 2.45. The van der Waals surface area contributed by atoms with Crippen molar-refractivity contribution >= 4 is 17.6 Å². The minimum Gasteiger partial charge on any atom is -0.441 e. The normalized spacial score (nSPS) is 9.68. The van der Waals surface area contributed by atoms with Gasteiger partial charge in [0.2, 0.25) is 0 Å². The summed E-state index contributed by atoms with van der Waals surface area (Å²) >= 11 is 0. The maximum absolute atomic E-state index is 11.7. The van der Waals surface area contributed by atoms with Crippen molar-refractivity contribution in [1.29, 1.82) is 0 Å². The number of Topliss-reactive ketones (excluding diaryl/α,β-unsaturated/α-hetero) is 1. The van der Waals surface area contributed by atoms with Crippen LogP contribution in [0.15, 0.2) is 60.7 Å². The molecule has 4 heteroatoms. The number of rotatable bonds is 4. The van der Waals surface area contributed by atoms with Gasteiger partial charge < -0.3 is 4.74 Å². The first kappa shape index (κ1) is 12.8. The van der Waals surface area contributed by atoms with Crippen molar-refractivity contribution in [2.75, 3.05) is 11.9 Å². The monoisotopic (exact) mass is 255 g/mol. The fourth-order valence-electron chi connectivity index (χ4n) is 1.51. The second-order valence-corrected chi connectivity index (χ2v) is 3.86. The SMILES string of the molecule is O=C(Nc1ccccc1)OCC(=O)c1ccccc1. The molecular weight excluding hydrogens is 242 g/mol. The molecule has 0 fully saturated rings. The Labute approximate surface area is 111 Å². The first-order chi connectivity index (χ1) is 9.25. The van der Waals surface area contributed by atoms with Gasteiger partial charge >= 0.3 is 6.09 Å². The van der Waals surface area contributed by atoms with Gasteiger partial charge in [0, 0.05) is 11.3 Å². The molecule has 0 aliphatic rings. The highest BCUT2D eigenvalue weighted by Crippen LogP contribution is 2.06. The minimum absolute atomic E-state index is 0.233. The largest absolute Gasteiger partial charge is 0.441 e. The van der Waals surface area contributed by atoms with Crippen molar-refractivity contribution in [3.8, 4) is 0 Å². The van der Waals surface area contributed by atoms with Crippen LogP contribution in [0.1, 0.15) is 10.4 Å². The Bertz CT molecular complexity index is 552. The van der Waals surface area contributed by atoms with Gasteiger partial charge in [0.1, 0.15) is 0 Å². The highest BCUT2D eigenvalue weighted by Gasteiger charge is 2.09. The van der Waals surface area contributed by atoms with Crippen LogP contribution in [0.25, 0.3) is 0 Å². The van der Waals surface area contributed by atoms with E-state index in [1.54, 1.807) is 48.5 Å². The summed E-state index contributed by atoms with van der Waals surface area (Å²) in [6.45, 7) is -0.275. The first-order valence-corrected chi connectivity index (χ1v) is 5.83. The number of hydrogen-bond acceptors (Lipinski definition) is 3. The molecule has 0 aliphatic heterocycles. The van der Waals surface area contributed by atoms with E-state index in [-0.39, 0.29) is 12.4 Å². The van der Waals surface area contributed by atoms with Gasteiger partial charge in [-0.05, 0) is 12.1 Å². The molecular formula is C15H13NO3. The van der Waals surface area contributed by atoms with Crippen molar-refractivity contribution in [1.82, 2.24) is 0 Å². The van der Waals surface area contributed by atoms with Gasteiger partial charge in [0.15, 0.2) is 12.4 Å². The van der Waals surface area contributed by atoms with Crippen LogP contribution in [0.4, 0.5) is 10.5 Å². The zero-order valence-electron chi connectivity index (χ0n) is 10.2. The Balaban J connectivity index is 1.83. The summed E-state index contributed by atoms with van der Waals surface area (Å²) in [6, 6.07) is 17.6. The molecule has 0 spiro atoms. The maximum Gasteiger partial charge on any atom is 0.412 e. The lowest BCUT2D eigenvalue weighted by Crippen LogP contribution is -2.18. The lowest BCUT2D eigenvalue weighted by molar-refractivity contribution is 0.0863. The number of nitrogens with one attached hydrogen (secondary N) is 1. The average molecular weight is 255 g/mol. The molecule has 2 rings (SSSR count). The minimum atomic E-state index is -0.643. The number of hydrogen-bond donors (Lipinski definition) is 1. The van der Waals surface area contributed by atoms with Crippen LogP contribution in [-0.4, -0.2) is 18.5 Å². The summed E-state index contributed by atoms with van der Waals surface area (Å²) < 4.78 is 4.86. The van der Waals surface area contributed by atoms with Gasteiger partial charge in [-0.1, -0.05) is 48.5 Å². The maximum atomic E-state index is 11.7. The first-order valence-electron chi connectivity index (χ1n) is 5.83. The second kappa shape index (κ2) is 6.35. The molecule has 2 aromatic rings. The van der Waals surface area contributed by atoms with E-state index >= 15 is 0 Å². The van der Waals surface area contributed by atoms with E-state index in [4.69, 9.17) is 4.74 Å². The van der Waals surface area contributed by atoms with Crippen LogP contribution in [0.3, 0.4) is 0 Å². The number of benzene rings is 2. The highest BCUT2D eigenvalue weighted by atomic mass is 16.5. The van der Waals surface area contributed by atoms with Crippen LogP contribution < -0.4 is 5.32 Å². The molecule has 0 heterocycles. The van der Waals surface area contributed by atoms with Gasteiger partial charge in [-0.2, -0.15) is 0 Å². The van der Waals surface area contributed by atoms with Crippen molar-refractivity contribution in [2.45, 2.75) is 0 Å². The number of carbonyl (C=O) groups is 2. The van der Waals surface area contributed by atoms with Crippen LogP contribution >= 0.6 is 0 Å². The van der Waals surface area contributed by atoms with Gasteiger partial charge in [-0.3, -0.25) is 10.1 Å². The molecule has 96 valence electrons. The topological polar surface area (TPSA) is 55.4 Å². The number of ether oxygens (including phenoxy) is 1. The molecule has 1 amide bonds. The molecule has 0 unspecified atom stereocenters. The molecule has 19 heavy (non-hydrogen) atoms. The summed E-state index contributed by atoms with van der Waals surface area (Å²) in [5.74, 6) is -0.233. The Hall–Kier alpha value is -2.62. The van der Waals surface area contributed by atoms with Crippen molar-refractivity contribution in [2.24, 2.45) is 0 Å². The number of para-hydroxylation sites is 1. The number of anilines is 1. The molecule has 0 saturated heterocycles. The van der Waals surface area contributed by atoms with Crippen LogP contribution in [0.5, 0.6) is 0 Å².